The van der Waals surface area contributed by atoms with Crippen molar-refractivity contribution in [2.24, 2.45) is 0 Å². The number of nitrogens with zero attached hydrogens (tertiary/aromatic N) is 2. The Bertz CT molecular complexity index is 1100. The van der Waals surface area contributed by atoms with Gasteiger partial charge >= 0.3 is 0 Å². The summed E-state index contributed by atoms with van der Waals surface area (Å²) in [4.78, 5) is 30.2. The molecular weight excluding hydrogens is 362 g/mol. The molecule has 2 heterocycles. The molecule has 0 aliphatic carbocycles. The van der Waals surface area contributed by atoms with Crippen LogP contribution >= 0.6 is 11.6 Å². The van der Waals surface area contributed by atoms with E-state index < -0.39 is 0 Å². The molecule has 4 rings (SSSR count). The summed E-state index contributed by atoms with van der Waals surface area (Å²) in [7, 11) is 0. The molecule has 0 unspecified atom stereocenters. The topological polar surface area (TPSA) is 64.0 Å². The first kappa shape index (κ1) is 17.7. The summed E-state index contributed by atoms with van der Waals surface area (Å²) in [6.07, 6.45) is 3.93. The standard InChI is InChI=1S/C21H20ClN3O2/c1-13-16(22)6-5-7-17(13)24-20(26)14-9-10-15-18(12-14)23-19-8-3-2-4-11-25(19)21(15)27/h5-7,9-10,12H,2-4,8,11H2,1H3,(H,24,26). The normalized spacial score (nSPS) is 13.9. The van der Waals surface area contributed by atoms with Crippen LogP contribution in [0.4, 0.5) is 5.69 Å². The molecule has 1 amide bonds. The number of fused-ring (bicyclic) bond motifs is 2. The second-order valence-corrected chi connectivity index (χ2v) is 7.30. The van der Waals surface area contributed by atoms with Crippen LogP contribution in [-0.4, -0.2) is 15.5 Å². The minimum atomic E-state index is -0.251. The molecule has 0 fully saturated rings. The third-order valence-electron chi connectivity index (χ3n) is 5.09. The van der Waals surface area contributed by atoms with E-state index in [1.54, 1.807) is 34.9 Å². The van der Waals surface area contributed by atoms with Gasteiger partial charge in [-0.05, 0) is 55.7 Å². The molecule has 0 radical (unpaired) electrons. The lowest BCUT2D eigenvalue weighted by atomic mass is 10.1. The minimum Gasteiger partial charge on any atom is -0.322 e. The van der Waals surface area contributed by atoms with E-state index in [1.165, 1.54) is 0 Å². The summed E-state index contributed by atoms with van der Waals surface area (Å²) in [6.45, 7) is 2.57. The van der Waals surface area contributed by atoms with Crippen LogP contribution in [-0.2, 0) is 13.0 Å². The molecule has 0 atom stereocenters. The predicted octanol–water partition coefficient (Wildman–Crippen LogP) is 4.34. The number of rotatable bonds is 2. The van der Waals surface area contributed by atoms with Gasteiger partial charge in [0, 0.05) is 29.2 Å². The minimum absolute atomic E-state index is 0.0189. The molecule has 1 aliphatic heterocycles. The molecule has 3 aromatic rings. The quantitative estimate of drug-likeness (QED) is 0.718. The molecule has 27 heavy (non-hydrogen) atoms. The lowest BCUT2D eigenvalue weighted by Gasteiger charge is -2.12. The molecule has 0 bridgehead atoms. The number of halogens is 1. The maximum atomic E-state index is 12.8. The van der Waals surface area contributed by atoms with Crippen molar-refractivity contribution < 1.29 is 4.79 Å². The summed E-state index contributed by atoms with van der Waals surface area (Å²) in [6, 6.07) is 10.4. The summed E-state index contributed by atoms with van der Waals surface area (Å²) in [5.41, 5.74) is 2.50. The van der Waals surface area contributed by atoms with Gasteiger partial charge in [-0.15, -0.1) is 0 Å². The molecule has 0 saturated heterocycles. The maximum Gasteiger partial charge on any atom is 0.261 e. The van der Waals surface area contributed by atoms with Crippen molar-refractivity contribution in [3.05, 3.63) is 68.7 Å². The number of hydrogen-bond acceptors (Lipinski definition) is 3. The number of benzene rings is 2. The zero-order chi connectivity index (χ0) is 19.0. The molecular formula is C21H20ClN3O2. The van der Waals surface area contributed by atoms with Crippen molar-refractivity contribution in [3.63, 3.8) is 0 Å². The average molecular weight is 382 g/mol. The van der Waals surface area contributed by atoms with Gasteiger partial charge in [0.2, 0.25) is 0 Å². The van der Waals surface area contributed by atoms with Crippen LogP contribution in [0, 0.1) is 6.92 Å². The molecule has 0 saturated carbocycles. The van der Waals surface area contributed by atoms with Gasteiger partial charge < -0.3 is 5.32 Å². The third kappa shape index (κ3) is 3.35. The number of aryl methyl sites for hydroxylation is 1. The Morgan fingerprint density at radius 2 is 2.04 bits per heavy atom. The highest BCUT2D eigenvalue weighted by molar-refractivity contribution is 6.31. The number of nitrogens with one attached hydrogen (secondary N) is 1. The Morgan fingerprint density at radius 1 is 1.19 bits per heavy atom. The van der Waals surface area contributed by atoms with Crippen LogP contribution in [0.5, 0.6) is 0 Å². The van der Waals surface area contributed by atoms with Crippen LogP contribution in [0.3, 0.4) is 0 Å². The molecule has 1 aromatic heterocycles. The molecule has 138 valence electrons. The van der Waals surface area contributed by atoms with Gasteiger partial charge in [0.15, 0.2) is 0 Å². The van der Waals surface area contributed by atoms with E-state index in [1.807, 2.05) is 13.0 Å². The van der Waals surface area contributed by atoms with Crippen molar-refractivity contribution in [1.82, 2.24) is 9.55 Å². The zero-order valence-corrected chi connectivity index (χ0v) is 15.8. The molecule has 2 aromatic carbocycles. The van der Waals surface area contributed by atoms with Crippen LogP contribution < -0.4 is 10.9 Å². The van der Waals surface area contributed by atoms with Gasteiger partial charge in [-0.25, -0.2) is 4.98 Å². The Hall–Kier alpha value is -2.66. The van der Waals surface area contributed by atoms with E-state index in [9.17, 15) is 9.59 Å². The van der Waals surface area contributed by atoms with Gasteiger partial charge in [0.05, 0.1) is 10.9 Å². The molecule has 0 spiro atoms. The number of anilines is 1. The fraction of sp³-hybridized carbons (Fsp3) is 0.286. The monoisotopic (exact) mass is 381 g/mol. The SMILES string of the molecule is Cc1c(Cl)cccc1NC(=O)c1ccc2c(=O)n3c(nc2c1)CCCCC3. The first-order chi connectivity index (χ1) is 13.0. The number of carbonyl (C=O) groups is 1. The fourth-order valence-electron chi connectivity index (χ4n) is 3.50. The van der Waals surface area contributed by atoms with E-state index in [0.717, 1.165) is 37.1 Å². The van der Waals surface area contributed by atoms with Crippen LogP contribution in [0.25, 0.3) is 10.9 Å². The Morgan fingerprint density at radius 3 is 2.89 bits per heavy atom. The molecule has 6 heteroatoms. The van der Waals surface area contributed by atoms with E-state index in [2.05, 4.69) is 10.3 Å². The van der Waals surface area contributed by atoms with Crippen molar-refractivity contribution in [2.75, 3.05) is 5.32 Å². The van der Waals surface area contributed by atoms with Crippen molar-refractivity contribution in [3.8, 4) is 0 Å². The number of aromatic nitrogens is 2. The lowest BCUT2D eigenvalue weighted by Crippen LogP contribution is -2.24. The summed E-state index contributed by atoms with van der Waals surface area (Å²) >= 11 is 6.12. The summed E-state index contributed by atoms with van der Waals surface area (Å²) in [5.74, 6) is 0.562. The smallest absolute Gasteiger partial charge is 0.261 e. The average Bonchev–Trinajstić information content (AvgIpc) is 2.91. The number of carbonyl (C=O) groups excluding carboxylic acids is 1. The fourth-order valence-corrected chi connectivity index (χ4v) is 3.67. The summed E-state index contributed by atoms with van der Waals surface area (Å²) in [5, 5.41) is 4.04. The third-order valence-corrected chi connectivity index (χ3v) is 5.50. The highest BCUT2D eigenvalue weighted by Gasteiger charge is 2.16. The highest BCUT2D eigenvalue weighted by Crippen LogP contribution is 2.24. The largest absolute Gasteiger partial charge is 0.322 e. The van der Waals surface area contributed by atoms with Gasteiger partial charge in [0.25, 0.3) is 11.5 Å². The van der Waals surface area contributed by atoms with Crippen LogP contribution in [0.15, 0.2) is 41.2 Å². The zero-order valence-electron chi connectivity index (χ0n) is 15.1. The second kappa shape index (κ2) is 7.16. The molecule has 1 aliphatic rings. The van der Waals surface area contributed by atoms with Crippen molar-refractivity contribution in [2.45, 2.75) is 39.2 Å². The van der Waals surface area contributed by atoms with Crippen LogP contribution in [0.2, 0.25) is 5.02 Å². The summed E-state index contributed by atoms with van der Waals surface area (Å²) < 4.78 is 1.78. The number of amides is 1. The van der Waals surface area contributed by atoms with Crippen molar-refractivity contribution >= 4 is 34.1 Å². The lowest BCUT2D eigenvalue weighted by molar-refractivity contribution is 0.102. The van der Waals surface area contributed by atoms with Crippen molar-refractivity contribution in [1.29, 1.82) is 0 Å². The van der Waals surface area contributed by atoms with E-state index >= 15 is 0 Å². The second-order valence-electron chi connectivity index (χ2n) is 6.89. The van der Waals surface area contributed by atoms with Gasteiger partial charge in [-0.2, -0.15) is 0 Å². The van der Waals surface area contributed by atoms with E-state index in [0.29, 0.717) is 33.7 Å². The van der Waals surface area contributed by atoms with Gasteiger partial charge in [-0.3, -0.25) is 14.2 Å². The number of hydrogen-bond donors (Lipinski definition) is 1. The van der Waals surface area contributed by atoms with Gasteiger partial charge in [-0.1, -0.05) is 24.1 Å². The molecule has 5 nitrogen and oxygen atoms in total. The van der Waals surface area contributed by atoms with E-state index in [-0.39, 0.29) is 11.5 Å². The first-order valence-corrected chi connectivity index (χ1v) is 9.52. The predicted molar refractivity (Wildman–Crippen MR) is 108 cm³/mol. The molecule has 1 N–H and O–H groups in total. The highest BCUT2D eigenvalue weighted by atomic mass is 35.5. The Kier molecular flexibility index (Phi) is 4.70. The maximum absolute atomic E-state index is 12.8. The first-order valence-electron chi connectivity index (χ1n) is 9.14. The van der Waals surface area contributed by atoms with Gasteiger partial charge in [0.1, 0.15) is 5.82 Å². The van der Waals surface area contributed by atoms with E-state index in [4.69, 9.17) is 11.6 Å². The van der Waals surface area contributed by atoms with Crippen LogP contribution in [0.1, 0.15) is 41.0 Å². The Balaban J connectivity index is 1.72. The Labute approximate surface area is 162 Å².